The molecule has 2 aliphatic carbocycles. The van der Waals surface area contributed by atoms with E-state index in [-0.39, 0.29) is 17.7 Å². The molecule has 0 radical (unpaired) electrons. The summed E-state index contributed by atoms with van der Waals surface area (Å²) in [6.07, 6.45) is 4.76. The molecule has 2 amide bonds. The van der Waals surface area contributed by atoms with Crippen molar-refractivity contribution in [1.29, 1.82) is 0 Å². The Morgan fingerprint density at radius 2 is 1.86 bits per heavy atom. The highest BCUT2D eigenvalue weighted by molar-refractivity contribution is 6.33. The van der Waals surface area contributed by atoms with Crippen LogP contribution in [0, 0.1) is 17.8 Å². The van der Waals surface area contributed by atoms with E-state index in [1.165, 1.54) is 19.3 Å². The first-order valence-corrected chi connectivity index (χ1v) is 8.33. The van der Waals surface area contributed by atoms with Gasteiger partial charge in [0.25, 0.3) is 5.91 Å². The number of rotatable bonds is 5. The van der Waals surface area contributed by atoms with Gasteiger partial charge in [-0.2, -0.15) is 0 Å². The van der Waals surface area contributed by atoms with Crippen molar-refractivity contribution in [3.63, 3.8) is 0 Å². The Balaban J connectivity index is 1.39. The summed E-state index contributed by atoms with van der Waals surface area (Å²) < 4.78 is 0. The molecule has 5 heteroatoms. The molecule has 2 fully saturated rings. The van der Waals surface area contributed by atoms with Crippen LogP contribution >= 0.6 is 11.6 Å². The number of carbonyl (C=O) groups excluding carboxylic acids is 2. The fraction of sp³-hybridized carbons (Fsp3) is 0.529. The van der Waals surface area contributed by atoms with Gasteiger partial charge in [-0.25, -0.2) is 0 Å². The lowest BCUT2D eigenvalue weighted by Gasteiger charge is -2.20. The Kier molecular flexibility index (Phi) is 4.67. The van der Waals surface area contributed by atoms with Crippen LogP contribution in [-0.4, -0.2) is 24.9 Å². The highest BCUT2D eigenvalue weighted by atomic mass is 35.5. The zero-order valence-corrected chi connectivity index (χ0v) is 13.2. The predicted molar refractivity (Wildman–Crippen MR) is 85.7 cm³/mol. The molecule has 0 saturated heterocycles. The summed E-state index contributed by atoms with van der Waals surface area (Å²) in [5.41, 5.74) is 0.462. The molecule has 1 aromatic carbocycles. The fourth-order valence-corrected chi connectivity index (χ4v) is 4.02. The average molecular weight is 321 g/mol. The van der Waals surface area contributed by atoms with Crippen LogP contribution in [0.2, 0.25) is 5.02 Å². The van der Waals surface area contributed by atoms with Gasteiger partial charge in [0.05, 0.1) is 10.6 Å². The minimum absolute atomic E-state index is 0.152. The number of hydrogen-bond acceptors (Lipinski definition) is 2. The molecule has 3 rings (SSSR count). The lowest BCUT2D eigenvalue weighted by atomic mass is 9.88. The average Bonchev–Trinajstić information content (AvgIpc) is 3.14. The summed E-state index contributed by atoms with van der Waals surface area (Å²) in [5.74, 6) is 1.49. The van der Waals surface area contributed by atoms with Crippen molar-refractivity contribution in [3.8, 4) is 0 Å². The second-order valence-corrected chi connectivity index (χ2v) is 6.72. The monoisotopic (exact) mass is 320 g/mol. The third-order valence-electron chi connectivity index (χ3n) is 4.90. The Hall–Kier alpha value is -1.55. The maximum absolute atomic E-state index is 12.2. The van der Waals surface area contributed by atoms with Crippen molar-refractivity contribution in [1.82, 2.24) is 10.6 Å². The molecule has 4 nitrogen and oxygen atoms in total. The first kappa shape index (κ1) is 15.3. The molecule has 3 atom stereocenters. The number of halogens is 1. The van der Waals surface area contributed by atoms with Gasteiger partial charge in [0.15, 0.2) is 0 Å². The van der Waals surface area contributed by atoms with Crippen LogP contribution in [0.3, 0.4) is 0 Å². The summed E-state index contributed by atoms with van der Waals surface area (Å²) in [6.45, 7) is 0.875. The van der Waals surface area contributed by atoms with Crippen LogP contribution in [0.5, 0.6) is 0 Å². The molecule has 118 valence electrons. The summed E-state index contributed by atoms with van der Waals surface area (Å²) >= 11 is 5.97. The molecule has 2 saturated carbocycles. The number of carbonyl (C=O) groups is 2. The van der Waals surface area contributed by atoms with E-state index >= 15 is 0 Å². The highest BCUT2D eigenvalue weighted by Crippen LogP contribution is 2.48. The number of fused-ring (bicyclic) bond motifs is 2. The lowest BCUT2D eigenvalue weighted by molar-refractivity contribution is -0.126. The van der Waals surface area contributed by atoms with Crippen LogP contribution in [0.15, 0.2) is 24.3 Å². The second kappa shape index (κ2) is 6.69. The smallest absolute Gasteiger partial charge is 0.252 e. The minimum atomic E-state index is -0.209. The maximum atomic E-state index is 12.2. The Bertz CT molecular complexity index is 576. The van der Waals surface area contributed by atoms with Crippen LogP contribution in [0.25, 0.3) is 0 Å². The molecule has 0 spiro atoms. The number of hydrogen-bond donors (Lipinski definition) is 2. The SMILES string of the molecule is O=C(NCCNC(=O)C1CC2CCC1C2)c1ccccc1Cl. The molecule has 22 heavy (non-hydrogen) atoms. The van der Waals surface area contributed by atoms with Gasteiger partial charge in [-0.1, -0.05) is 30.2 Å². The summed E-state index contributed by atoms with van der Waals surface area (Å²) in [6, 6.07) is 6.94. The van der Waals surface area contributed by atoms with Crippen molar-refractivity contribution < 1.29 is 9.59 Å². The zero-order valence-electron chi connectivity index (χ0n) is 12.5. The van der Waals surface area contributed by atoms with Crippen molar-refractivity contribution >= 4 is 23.4 Å². The number of benzene rings is 1. The van der Waals surface area contributed by atoms with Gasteiger partial charge in [-0.15, -0.1) is 0 Å². The van der Waals surface area contributed by atoms with E-state index < -0.39 is 0 Å². The lowest BCUT2D eigenvalue weighted by Crippen LogP contribution is -2.39. The van der Waals surface area contributed by atoms with Gasteiger partial charge in [0, 0.05) is 19.0 Å². The topological polar surface area (TPSA) is 58.2 Å². The molecular weight excluding hydrogens is 300 g/mol. The second-order valence-electron chi connectivity index (χ2n) is 6.31. The van der Waals surface area contributed by atoms with Crippen LogP contribution in [0.1, 0.15) is 36.0 Å². The standard InChI is InChI=1S/C17H21ClN2O2/c18-15-4-2-1-3-13(15)16(21)19-7-8-20-17(22)14-10-11-5-6-12(14)9-11/h1-4,11-12,14H,5-10H2,(H,19,21)(H,20,22). The minimum Gasteiger partial charge on any atom is -0.354 e. The van der Waals surface area contributed by atoms with Gasteiger partial charge < -0.3 is 10.6 Å². The predicted octanol–water partition coefficient (Wildman–Crippen LogP) is 2.62. The van der Waals surface area contributed by atoms with E-state index in [0.717, 1.165) is 12.3 Å². The number of amides is 2. The maximum Gasteiger partial charge on any atom is 0.252 e. The fourth-order valence-electron chi connectivity index (χ4n) is 3.80. The Labute approximate surface area is 135 Å². The van der Waals surface area contributed by atoms with Gasteiger partial charge in [-0.3, -0.25) is 9.59 Å². The third-order valence-corrected chi connectivity index (χ3v) is 5.23. The van der Waals surface area contributed by atoms with Gasteiger partial charge in [-0.05, 0) is 43.2 Å². The highest BCUT2D eigenvalue weighted by Gasteiger charge is 2.42. The molecule has 0 aliphatic heterocycles. The Morgan fingerprint density at radius 1 is 1.09 bits per heavy atom. The molecular formula is C17H21ClN2O2. The van der Waals surface area contributed by atoms with Crippen LogP contribution in [0.4, 0.5) is 0 Å². The summed E-state index contributed by atoms with van der Waals surface area (Å²) in [4.78, 5) is 24.1. The summed E-state index contributed by atoms with van der Waals surface area (Å²) in [5, 5.41) is 6.16. The molecule has 3 unspecified atom stereocenters. The zero-order chi connectivity index (χ0) is 15.5. The van der Waals surface area contributed by atoms with Crippen LogP contribution < -0.4 is 10.6 Å². The van der Waals surface area contributed by atoms with E-state index in [2.05, 4.69) is 10.6 Å². The van der Waals surface area contributed by atoms with Gasteiger partial charge in [0.1, 0.15) is 0 Å². The molecule has 0 aromatic heterocycles. The van der Waals surface area contributed by atoms with Crippen molar-refractivity contribution in [2.45, 2.75) is 25.7 Å². The van der Waals surface area contributed by atoms with Crippen LogP contribution in [-0.2, 0) is 4.79 Å². The van der Waals surface area contributed by atoms with E-state index in [1.54, 1.807) is 24.3 Å². The van der Waals surface area contributed by atoms with E-state index in [1.807, 2.05) is 0 Å². The van der Waals surface area contributed by atoms with E-state index in [0.29, 0.717) is 29.6 Å². The quantitative estimate of drug-likeness (QED) is 0.819. The van der Waals surface area contributed by atoms with E-state index in [4.69, 9.17) is 11.6 Å². The molecule has 1 aromatic rings. The summed E-state index contributed by atoms with van der Waals surface area (Å²) in [7, 11) is 0. The number of nitrogens with one attached hydrogen (secondary N) is 2. The van der Waals surface area contributed by atoms with Crippen molar-refractivity contribution in [3.05, 3.63) is 34.9 Å². The molecule has 0 heterocycles. The molecule has 2 aliphatic rings. The van der Waals surface area contributed by atoms with E-state index in [9.17, 15) is 9.59 Å². The van der Waals surface area contributed by atoms with Crippen molar-refractivity contribution in [2.75, 3.05) is 13.1 Å². The largest absolute Gasteiger partial charge is 0.354 e. The van der Waals surface area contributed by atoms with Gasteiger partial charge >= 0.3 is 0 Å². The molecule has 2 bridgehead atoms. The normalized spacial score (nSPS) is 26.0. The van der Waals surface area contributed by atoms with Crippen molar-refractivity contribution in [2.24, 2.45) is 17.8 Å². The molecule has 2 N–H and O–H groups in total. The Morgan fingerprint density at radius 3 is 2.55 bits per heavy atom. The first-order valence-electron chi connectivity index (χ1n) is 7.95. The first-order chi connectivity index (χ1) is 10.6. The van der Waals surface area contributed by atoms with Gasteiger partial charge in [0.2, 0.25) is 5.91 Å². The third kappa shape index (κ3) is 3.27.